The molecular weight excluding hydrogens is 387 g/mol. The quantitative estimate of drug-likeness (QED) is 0.587. The Morgan fingerprint density at radius 2 is 1.89 bits per heavy atom. The lowest BCUT2D eigenvalue weighted by molar-refractivity contribution is 0.0433. The third-order valence-corrected chi connectivity index (χ3v) is 5.69. The summed E-state index contributed by atoms with van der Waals surface area (Å²) in [6, 6.07) is 12.2. The number of oxazole rings is 1. The minimum absolute atomic E-state index is 0.129. The fraction of sp³-hybridized carbons (Fsp3) is 0.158. The highest BCUT2D eigenvalue weighted by Crippen LogP contribution is 2.21. The first kappa shape index (κ1) is 19.7. The van der Waals surface area contributed by atoms with Gasteiger partial charge in [-0.2, -0.15) is 0 Å². The second-order valence-electron chi connectivity index (χ2n) is 5.99. The summed E-state index contributed by atoms with van der Waals surface area (Å²) in [7, 11) is -1.14. The topological polar surface area (TPSA) is 89.7 Å². The maximum Gasteiger partial charge on any atom is 0.341 e. The number of nitrogens with zero attached hydrogens (tertiary/aromatic N) is 2. The van der Waals surface area contributed by atoms with Crippen LogP contribution in [0.4, 0.5) is 4.39 Å². The molecule has 0 spiro atoms. The number of aromatic nitrogens is 1. The van der Waals surface area contributed by atoms with Crippen LogP contribution in [-0.2, 0) is 21.4 Å². The van der Waals surface area contributed by atoms with Gasteiger partial charge in [0.25, 0.3) is 0 Å². The van der Waals surface area contributed by atoms with Crippen molar-refractivity contribution in [2.24, 2.45) is 0 Å². The summed E-state index contributed by atoms with van der Waals surface area (Å²) in [6.07, 6.45) is 1.49. The van der Waals surface area contributed by atoms with Gasteiger partial charge in [0.1, 0.15) is 5.82 Å². The van der Waals surface area contributed by atoms with Crippen molar-refractivity contribution in [1.82, 2.24) is 9.29 Å². The Bertz CT molecular complexity index is 1090. The predicted molar refractivity (Wildman–Crippen MR) is 98.3 cm³/mol. The Balaban J connectivity index is 1.75. The average molecular weight is 404 g/mol. The molecule has 9 heteroatoms. The van der Waals surface area contributed by atoms with E-state index in [2.05, 4.69) is 4.98 Å². The lowest BCUT2D eigenvalue weighted by Gasteiger charge is -2.12. The SMILES string of the molecule is CN(C)S(=O)(=O)c1ccc(F)c(C(=O)OCc2ncc(-c3ccccc3)o2)c1. The third kappa shape index (κ3) is 4.10. The minimum atomic E-state index is -3.82. The number of hydrogen-bond acceptors (Lipinski definition) is 6. The van der Waals surface area contributed by atoms with E-state index in [0.29, 0.717) is 5.76 Å². The molecule has 0 radical (unpaired) electrons. The van der Waals surface area contributed by atoms with Crippen molar-refractivity contribution >= 4 is 16.0 Å². The van der Waals surface area contributed by atoms with Crippen LogP contribution < -0.4 is 0 Å². The smallest absolute Gasteiger partial charge is 0.341 e. The Kier molecular flexibility index (Phi) is 5.57. The monoisotopic (exact) mass is 404 g/mol. The molecule has 0 fully saturated rings. The Labute approximate surface area is 161 Å². The van der Waals surface area contributed by atoms with E-state index in [4.69, 9.17) is 9.15 Å². The zero-order chi connectivity index (χ0) is 20.3. The molecule has 1 aromatic heterocycles. The second-order valence-corrected chi connectivity index (χ2v) is 8.14. The number of carbonyl (C=O) groups excluding carboxylic acids is 1. The lowest BCUT2D eigenvalue weighted by atomic mass is 10.2. The van der Waals surface area contributed by atoms with E-state index in [0.717, 1.165) is 28.1 Å². The molecule has 0 aliphatic heterocycles. The van der Waals surface area contributed by atoms with Crippen LogP contribution in [0.2, 0.25) is 0 Å². The van der Waals surface area contributed by atoms with Crippen LogP contribution in [0.1, 0.15) is 16.2 Å². The van der Waals surface area contributed by atoms with E-state index < -0.39 is 27.4 Å². The van der Waals surface area contributed by atoms with Crippen LogP contribution >= 0.6 is 0 Å². The molecule has 0 atom stereocenters. The van der Waals surface area contributed by atoms with E-state index in [-0.39, 0.29) is 17.4 Å². The van der Waals surface area contributed by atoms with Crippen molar-refractivity contribution in [2.45, 2.75) is 11.5 Å². The van der Waals surface area contributed by atoms with E-state index >= 15 is 0 Å². The number of hydrogen-bond donors (Lipinski definition) is 0. The molecule has 0 saturated heterocycles. The zero-order valence-electron chi connectivity index (χ0n) is 15.1. The van der Waals surface area contributed by atoms with E-state index in [1.807, 2.05) is 30.3 Å². The van der Waals surface area contributed by atoms with Crippen LogP contribution in [0.25, 0.3) is 11.3 Å². The summed E-state index contributed by atoms with van der Waals surface area (Å²) in [4.78, 5) is 16.0. The number of ether oxygens (including phenoxy) is 1. The molecule has 2 aromatic carbocycles. The van der Waals surface area contributed by atoms with Gasteiger partial charge in [-0.1, -0.05) is 30.3 Å². The van der Waals surface area contributed by atoms with Crippen LogP contribution in [0, 0.1) is 5.82 Å². The van der Waals surface area contributed by atoms with Gasteiger partial charge in [-0.25, -0.2) is 26.9 Å². The van der Waals surface area contributed by atoms with Crippen LogP contribution in [0.15, 0.2) is 64.0 Å². The molecule has 0 N–H and O–H groups in total. The van der Waals surface area contributed by atoms with Gasteiger partial charge in [0.2, 0.25) is 15.9 Å². The van der Waals surface area contributed by atoms with Crippen molar-refractivity contribution < 1.29 is 26.8 Å². The van der Waals surface area contributed by atoms with E-state index in [9.17, 15) is 17.6 Å². The standard InChI is InChI=1S/C19H17FN2O5S/c1-22(2)28(24,25)14-8-9-16(20)15(10-14)19(23)26-12-18-21-11-17(27-18)13-6-4-3-5-7-13/h3-11H,12H2,1-2H3. The minimum Gasteiger partial charge on any atom is -0.452 e. The Hall–Kier alpha value is -3.04. The highest BCUT2D eigenvalue weighted by Gasteiger charge is 2.22. The third-order valence-electron chi connectivity index (χ3n) is 3.87. The lowest BCUT2D eigenvalue weighted by Crippen LogP contribution is -2.22. The van der Waals surface area contributed by atoms with Crippen LogP contribution in [-0.4, -0.2) is 37.8 Å². The summed E-state index contributed by atoms with van der Waals surface area (Å²) in [5, 5.41) is 0. The first-order valence-corrected chi connectivity index (χ1v) is 9.62. The van der Waals surface area contributed by atoms with Crippen LogP contribution in [0.5, 0.6) is 0 Å². The molecule has 1 heterocycles. The maximum absolute atomic E-state index is 14.0. The number of esters is 1. The fourth-order valence-electron chi connectivity index (χ4n) is 2.35. The van der Waals surface area contributed by atoms with Gasteiger partial charge in [-0.05, 0) is 18.2 Å². The molecule has 0 amide bonds. The van der Waals surface area contributed by atoms with Crippen molar-refractivity contribution in [3.63, 3.8) is 0 Å². The first-order valence-electron chi connectivity index (χ1n) is 8.18. The van der Waals surface area contributed by atoms with Gasteiger partial charge in [-0.15, -0.1) is 0 Å². The van der Waals surface area contributed by atoms with Crippen molar-refractivity contribution in [3.8, 4) is 11.3 Å². The Morgan fingerprint density at radius 1 is 1.18 bits per heavy atom. The Morgan fingerprint density at radius 3 is 2.57 bits per heavy atom. The predicted octanol–water partition coefficient (Wildman–Crippen LogP) is 3.09. The molecule has 0 saturated carbocycles. The average Bonchev–Trinajstić information content (AvgIpc) is 3.16. The number of halogens is 1. The fourth-order valence-corrected chi connectivity index (χ4v) is 3.28. The molecule has 146 valence electrons. The maximum atomic E-state index is 14.0. The van der Waals surface area contributed by atoms with Crippen LogP contribution in [0.3, 0.4) is 0 Å². The molecule has 0 bridgehead atoms. The van der Waals surface area contributed by atoms with Crippen molar-refractivity contribution in [2.75, 3.05) is 14.1 Å². The van der Waals surface area contributed by atoms with Crippen molar-refractivity contribution in [1.29, 1.82) is 0 Å². The molecule has 7 nitrogen and oxygen atoms in total. The van der Waals surface area contributed by atoms with Crippen molar-refractivity contribution in [3.05, 3.63) is 72.0 Å². The largest absolute Gasteiger partial charge is 0.452 e. The molecule has 0 unspecified atom stereocenters. The highest BCUT2D eigenvalue weighted by atomic mass is 32.2. The van der Waals surface area contributed by atoms with E-state index in [1.54, 1.807) is 0 Å². The summed E-state index contributed by atoms with van der Waals surface area (Å²) >= 11 is 0. The number of sulfonamides is 1. The van der Waals surface area contributed by atoms with Gasteiger partial charge in [0.15, 0.2) is 12.4 Å². The summed E-state index contributed by atoms with van der Waals surface area (Å²) in [5.74, 6) is -1.28. The number of carbonyl (C=O) groups is 1. The molecule has 28 heavy (non-hydrogen) atoms. The summed E-state index contributed by atoms with van der Waals surface area (Å²) in [5.41, 5.74) is 0.318. The molecule has 0 aliphatic rings. The second kappa shape index (κ2) is 7.91. The molecular formula is C19H17FN2O5S. The molecule has 3 rings (SSSR count). The number of rotatable bonds is 6. The van der Waals surface area contributed by atoms with E-state index in [1.165, 1.54) is 20.3 Å². The van der Waals surface area contributed by atoms with Gasteiger partial charge >= 0.3 is 5.97 Å². The number of benzene rings is 2. The first-order chi connectivity index (χ1) is 13.3. The van der Waals surface area contributed by atoms with Gasteiger partial charge in [-0.3, -0.25) is 0 Å². The summed E-state index contributed by atoms with van der Waals surface area (Å²) < 4.78 is 49.8. The normalized spacial score (nSPS) is 11.6. The van der Waals surface area contributed by atoms with Gasteiger partial charge < -0.3 is 9.15 Å². The molecule has 3 aromatic rings. The highest BCUT2D eigenvalue weighted by molar-refractivity contribution is 7.89. The summed E-state index contributed by atoms with van der Waals surface area (Å²) in [6.45, 7) is -0.324. The van der Waals surface area contributed by atoms with Gasteiger partial charge in [0.05, 0.1) is 16.7 Å². The van der Waals surface area contributed by atoms with Gasteiger partial charge in [0, 0.05) is 19.7 Å². The molecule has 0 aliphatic carbocycles. The zero-order valence-corrected chi connectivity index (χ0v) is 15.9.